The van der Waals surface area contributed by atoms with Crippen LogP contribution >= 0.6 is 47.2 Å². The largest absolute Gasteiger partial charge is 0.314 e. The van der Waals surface area contributed by atoms with Gasteiger partial charge < -0.3 is 5.32 Å². The van der Waals surface area contributed by atoms with E-state index in [0.29, 0.717) is 17.6 Å². The van der Waals surface area contributed by atoms with E-state index < -0.39 is 10.0 Å². The maximum Gasteiger partial charge on any atom is 0.243 e. The molecular formula is C12H16Cl4N2O2S. The van der Waals surface area contributed by atoms with E-state index in [1.54, 1.807) is 0 Å². The summed E-state index contributed by atoms with van der Waals surface area (Å²) in [6.45, 7) is 1.33. The second-order valence-corrected chi connectivity index (χ2v) is 7.63. The molecule has 0 radical (unpaired) electrons. The lowest BCUT2D eigenvalue weighted by molar-refractivity contribution is 0.539. The minimum atomic E-state index is -3.73. The summed E-state index contributed by atoms with van der Waals surface area (Å²) in [7, 11) is -3.73. The maximum absolute atomic E-state index is 12.2. The van der Waals surface area contributed by atoms with Gasteiger partial charge in [0.15, 0.2) is 0 Å². The fourth-order valence-electron chi connectivity index (χ4n) is 2.23. The molecule has 0 saturated carbocycles. The van der Waals surface area contributed by atoms with Crippen molar-refractivity contribution in [2.24, 2.45) is 0 Å². The molecule has 21 heavy (non-hydrogen) atoms. The van der Waals surface area contributed by atoms with Gasteiger partial charge in [-0.3, -0.25) is 0 Å². The fraction of sp³-hybridized carbons (Fsp3) is 0.500. The lowest BCUT2D eigenvalue weighted by atomic mass is 10.2. The molecule has 120 valence electrons. The standard InChI is InChI=1S/C12H15Cl3N2O2S.ClH/c13-8-6-10(14)12(11(15)7-8)20(18,19)17-5-3-9-2-1-4-16-9;/h6-7,9,16-17H,1-5H2;1H/t9-;/m1./s1. The van der Waals surface area contributed by atoms with E-state index in [1.165, 1.54) is 12.1 Å². The molecule has 0 aliphatic carbocycles. The lowest BCUT2D eigenvalue weighted by Crippen LogP contribution is -2.31. The van der Waals surface area contributed by atoms with Crippen molar-refractivity contribution < 1.29 is 8.42 Å². The molecule has 2 N–H and O–H groups in total. The van der Waals surface area contributed by atoms with Crippen LogP contribution in [0.2, 0.25) is 15.1 Å². The first-order valence-corrected chi connectivity index (χ1v) is 8.89. The van der Waals surface area contributed by atoms with Gasteiger partial charge in [-0.25, -0.2) is 13.1 Å². The number of nitrogens with one attached hydrogen (secondary N) is 2. The second-order valence-electron chi connectivity index (χ2n) is 4.68. The zero-order valence-corrected chi connectivity index (χ0v) is 14.9. The molecule has 0 unspecified atom stereocenters. The Hall–Kier alpha value is 0.250. The topological polar surface area (TPSA) is 58.2 Å². The SMILES string of the molecule is Cl.O=S(=O)(NCC[C@H]1CCCN1)c1c(Cl)cc(Cl)cc1Cl. The third-order valence-electron chi connectivity index (χ3n) is 3.18. The number of sulfonamides is 1. The smallest absolute Gasteiger partial charge is 0.243 e. The Morgan fingerprint density at radius 1 is 1.24 bits per heavy atom. The molecule has 1 aliphatic heterocycles. The number of hydrogen-bond acceptors (Lipinski definition) is 3. The molecule has 0 bridgehead atoms. The van der Waals surface area contributed by atoms with Gasteiger partial charge in [-0.2, -0.15) is 0 Å². The molecule has 1 aromatic rings. The van der Waals surface area contributed by atoms with Gasteiger partial charge >= 0.3 is 0 Å². The van der Waals surface area contributed by atoms with Crippen molar-refractivity contribution >= 4 is 57.2 Å². The monoisotopic (exact) mass is 392 g/mol. The summed E-state index contributed by atoms with van der Waals surface area (Å²) in [4.78, 5) is -0.121. The summed E-state index contributed by atoms with van der Waals surface area (Å²) in [6, 6.07) is 3.10. The highest BCUT2D eigenvalue weighted by Gasteiger charge is 2.23. The first kappa shape index (κ1) is 19.3. The van der Waals surface area contributed by atoms with Crippen LogP contribution in [0.1, 0.15) is 19.3 Å². The van der Waals surface area contributed by atoms with Crippen LogP contribution in [0, 0.1) is 0 Å². The highest BCUT2D eigenvalue weighted by Crippen LogP contribution is 2.32. The molecule has 1 aromatic carbocycles. The first-order chi connectivity index (χ1) is 9.40. The van der Waals surface area contributed by atoms with Crippen molar-refractivity contribution in [2.45, 2.75) is 30.2 Å². The third kappa shape index (κ3) is 5.13. The predicted molar refractivity (Wildman–Crippen MR) is 89.6 cm³/mol. The highest BCUT2D eigenvalue weighted by atomic mass is 35.5. The van der Waals surface area contributed by atoms with Crippen molar-refractivity contribution in [1.29, 1.82) is 0 Å². The summed E-state index contributed by atoms with van der Waals surface area (Å²) in [6.07, 6.45) is 2.94. The van der Waals surface area contributed by atoms with Gasteiger partial charge in [-0.1, -0.05) is 34.8 Å². The Morgan fingerprint density at radius 2 is 1.86 bits per heavy atom. The molecule has 1 atom stereocenters. The van der Waals surface area contributed by atoms with Gasteiger partial charge in [-0.15, -0.1) is 12.4 Å². The summed E-state index contributed by atoms with van der Waals surface area (Å²) in [5.41, 5.74) is 0. The Balaban J connectivity index is 0.00000220. The van der Waals surface area contributed by atoms with Gasteiger partial charge in [-0.05, 0) is 37.9 Å². The van der Waals surface area contributed by atoms with E-state index in [9.17, 15) is 8.42 Å². The van der Waals surface area contributed by atoms with Crippen LogP contribution in [0.3, 0.4) is 0 Å². The minimum absolute atomic E-state index is 0. The zero-order valence-electron chi connectivity index (χ0n) is 11.0. The van der Waals surface area contributed by atoms with Crippen molar-refractivity contribution in [2.75, 3.05) is 13.1 Å². The number of rotatable bonds is 5. The molecule has 2 rings (SSSR count). The van der Waals surface area contributed by atoms with Crippen LogP contribution in [0.25, 0.3) is 0 Å². The third-order valence-corrected chi connectivity index (χ3v) is 5.78. The zero-order chi connectivity index (χ0) is 14.8. The molecule has 1 fully saturated rings. The summed E-state index contributed by atoms with van der Waals surface area (Å²) < 4.78 is 27.0. The van der Waals surface area contributed by atoms with E-state index in [1.807, 2.05) is 0 Å². The van der Waals surface area contributed by atoms with Gasteiger partial charge in [0.05, 0.1) is 10.0 Å². The van der Waals surface area contributed by atoms with Gasteiger partial charge in [0.1, 0.15) is 4.90 Å². The van der Waals surface area contributed by atoms with E-state index >= 15 is 0 Å². The Kier molecular flexibility index (Phi) is 7.54. The molecule has 1 heterocycles. The number of halogens is 4. The minimum Gasteiger partial charge on any atom is -0.314 e. The van der Waals surface area contributed by atoms with E-state index in [2.05, 4.69) is 10.0 Å². The summed E-state index contributed by atoms with van der Waals surface area (Å²) >= 11 is 17.6. The molecular weight excluding hydrogens is 378 g/mol. The molecule has 0 spiro atoms. The molecule has 0 amide bonds. The van der Waals surface area contributed by atoms with Gasteiger partial charge in [0.2, 0.25) is 10.0 Å². The molecule has 1 saturated heterocycles. The fourth-order valence-corrected chi connectivity index (χ4v) is 4.82. The summed E-state index contributed by atoms with van der Waals surface area (Å²) in [5, 5.41) is 3.65. The number of hydrogen-bond donors (Lipinski definition) is 2. The van der Waals surface area contributed by atoms with E-state index in [-0.39, 0.29) is 27.3 Å². The molecule has 1 aliphatic rings. The van der Waals surface area contributed by atoms with Crippen molar-refractivity contribution in [3.05, 3.63) is 27.2 Å². The number of benzene rings is 1. The van der Waals surface area contributed by atoms with Crippen LogP contribution in [0.4, 0.5) is 0 Å². The van der Waals surface area contributed by atoms with Crippen molar-refractivity contribution in [3.63, 3.8) is 0 Å². The second kappa shape index (κ2) is 8.20. The average Bonchev–Trinajstić information content (AvgIpc) is 2.79. The quantitative estimate of drug-likeness (QED) is 0.804. The Labute approximate surface area is 146 Å². The van der Waals surface area contributed by atoms with E-state index in [4.69, 9.17) is 34.8 Å². The normalized spacial score (nSPS) is 18.5. The summed E-state index contributed by atoms with van der Waals surface area (Å²) in [5.74, 6) is 0. The van der Waals surface area contributed by atoms with Crippen LogP contribution in [-0.4, -0.2) is 27.5 Å². The molecule has 4 nitrogen and oxygen atoms in total. The van der Waals surface area contributed by atoms with Gasteiger partial charge in [0, 0.05) is 17.6 Å². The molecule has 0 aromatic heterocycles. The van der Waals surface area contributed by atoms with E-state index in [0.717, 1.165) is 25.8 Å². The van der Waals surface area contributed by atoms with Crippen molar-refractivity contribution in [3.8, 4) is 0 Å². The van der Waals surface area contributed by atoms with Crippen LogP contribution in [0.15, 0.2) is 17.0 Å². The Bertz CT molecular complexity index is 566. The Morgan fingerprint density at radius 3 is 2.38 bits per heavy atom. The highest BCUT2D eigenvalue weighted by molar-refractivity contribution is 7.89. The van der Waals surface area contributed by atoms with Crippen LogP contribution < -0.4 is 10.0 Å². The predicted octanol–water partition coefficient (Wildman–Crippen LogP) is 3.49. The average molecular weight is 394 g/mol. The van der Waals surface area contributed by atoms with Crippen LogP contribution in [0.5, 0.6) is 0 Å². The van der Waals surface area contributed by atoms with Crippen LogP contribution in [-0.2, 0) is 10.0 Å². The molecule has 9 heteroatoms. The van der Waals surface area contributed by atoms with Crippen molar-refractivity contribution in [1.82, 2.24) is 10.0 Å². The first-order valence-electron chi connectivity index (χ1n) is 6.28. The van der Waals surface area contributed by atoms with Gasteiger partial charge in [0.25, 0.3) is 0 Å². The maximum atomic E-state index is 12.2. The lowest BCUT2D eigenvalue weighted by Gasteiger charge is -2.13.